The van der Waals surface area contributed by atoms with Crippen LogP contribution in [0.25, 0.3) is 0 Å². The second-order valence-corrected chi connectivity index (χ2v) is 3.34. The van der Waals surface area contributed by atoms with Gasteiger partial charge in [0, 0.05) is 5.69 Å². The molecule has 1 aliphatic rings. The number of carboxylic acids is 1. The Morgan fingerprint density at radius 2 is 2.43 bits per heavy atom. The van der Waals surface area contributed by atoms with Gasteiger partial charge in [-0.15, -0.1) is 0 Å². The van der Waals surface area contributed by atoms with Crippen molar-refractivity contribution in [1.82, 2.24) is 4.98 Å². The minimum atomic E-state index is -0.881. The zero-order chi connectivity index (χ0) is 10.1. The number of ether oxygens (including phenoxy) is 1. The monoisotopic (exact) mass is 193 g/mol. The lowest BCUT2D eigenvalue weighted by Crippen LogP contribution is -2.17. The molecule has 0 aromatic carbocycles. The molecule has 14 heavy (non-hydrogen) atoms. The summed E-state index contributed by atoms with van der Waals surface area (Å²) in [4.78, 5) is 15.2. The first-order valence-electron chi connectivity index (χ1n) is 4.49. The average molecular weight is 193 g/mol. The summed E-state index contributed by atoms with van der Waals surface area (Å²) in [5.41, 5.74) is 2.70. The third kappa shape index (κ3) is 1.48. The van der Waals surface area contributed by atoms with Gasteiger partial charge in [-0.1, -0.05) is 0 Å². The molecule has 0 radical (unpaired) electrons. The molecule has 1 aromatic heterocycles. The molecular weight excluding hydrogens is 182 g/mol. The summed E-state index contributed by atoms with van der Waals surface area (Å²) >= 11 is 0. The van der Waals surface area contributed by atoms with Crippen LogP contribution in [0.15, 0.2) is 6.07 Å². The lowest BCUT2D eigenvalue weighted by atomic mass is 10.0. The van der Waals surface area contributed by atoms with Gasteiger partial charge in [-0.25, -0.2) is 4.79 Å². The molecule has 74 valence electrons. The third-order valence-electron chi connectivity index (χ3n) is 2.30. The number of aryl methyl sites for hydroxylation is 1. The predicted octanol–water partition coefficient (Wildman–Crippen LogP) is 1.16. The first kappa shape index (κ1) is 9.15. The quantitative estimate of drug-likeness (QED) is 0.727. The molecule has 1 aliphatic heterocycles. The van der Waals surface area contributed by atoms with Crippen LogP contribution in [0.3, 0.4) is 0 Å². The number of rotatable bonds is 1. The number of nitrogens with zero attached hydrogens (tertiary/aromatic N) is 1. The topological polar surface area (TPSA) is 59.4 Å². The molecule has 0 atom stereocenters. The summed E-state index contributed by atoms with van der Waals surface area (Å²) in [6.45, 7) is 2.80. The number of hydrogen-bond acceptors (Lipinski definition) is 3. The van der Waals surface area contributed by atoms with Crippen molar-refractivity contribution in [1.29, 1.82) is 0 Å². The van der Waals surface area contributed by atoms with E-state index in [9.17, 15) is 4.79 Å². The maximum atomic E-state index is 11.0. The molecule has 0 aliphatic carbocycles. The van der Waals surface area contributed by atoms with Crippen molar-refractivity contribution in [3.63, 3.8) is 0 Å². The minimum absolute atomic E-state index is 0.371. The second kappa shape index (κ2) is 3.38. The highest BCUT2D eigenvalue weighted by molar-refractivity contribution is 5.89. The molecule has 2 rings (SSSR count). The van der Waals surface area contributed by atoms with Crippen LogP contribution in [-0.4, -0.2) is 22.7 Å². The summed E-state index contributed by atoms with van der Waals surface area (Å²) < 4.78 is 5.23. The molecule has 0 unspecified atom stereocenters. The van der Waals surface area contributed by atoms with Gasteiger partial charge in [0.2, 0.25) is 0 Å². The summed E-state index contributed by atoms with van der Waals surface area (Å²) in [5, 5.41) is 9.00. The first-order valence-corrected chi connectivity index (χ1v) is 4.49. The SMILES string of the molecule is Cc1cc(C(=O)O)c2c(n1)COCC2. The van der Waals surface area contributed by atoms with Gasteiger partial charge in [-0.05, 0) is 25.0 Å². The van der Waals surface area contributed by atoms with E-state index in [2.05, 4.69) is 4.98 Å². The van der Waals surface area contributed by atoms with Crippen molar-refractivity contribution < 1.29 is 14.6 Å². The first-order chi connectivity index (χ1) is 6.68. The Hall–Kier alpha value is -1.42. The average Bonchev–Trinajstić information content (AvgIpc) is 2.16. The maximum Gasteiger partial charge on any atom is 0.336 e. The molecule has 0 amide bonds. The van der Waals surface area contributed by atoms with Crippen molar-refractivity contribution in [3.05, 3.63) is 28.6 Å². The molecular formula is C10H11NO3. The zero-order valence-corrected chi connectivity index (χ0v) is 7.91. The van der Waals surface area contributed by atoms with Crippen LogP contribution in [-0.2, 0) is 17.8 Å². The van der Waals surface area contributed by atoms with E-state index in [1.807, 2.05) is 0 Å². The molecule has 0 fully saturated rings. The van der Waals surface area contributed by atoms with Gasteiger partial charge < -0.3 is 9.84 Å². The number of aromatic carboxylic acids is 1. The van der Waals surface area contributed by atoms with Crippen LogP contribution in [0.2, 0.25) is 0 Å². The van der Waals surface area contributed by atoms with E-state index >= 15 is 0 Å². The summed E-state index contributed by atoms with van der Waals surface area (Å²) in [6.07, 6.45) is 0.643. The highest BCUT2D eigenvalue weighted by Crippen LogP contribution is 2.20. The summed E-state index contributed by atoms with van der Waals surface area (Å²) in [5.74, 6) is -0.881. The van der Waals surface area contributed by atoms with Crippen LogP contribution >= 0.6 is 0 Å². The fraction of sp³-hybridized carbons (Fsp3) is 0.400. The fourth-order valence-corrected chi connectivity index (χ4v) is 1.70. The lowest BCUT2D eigenvalue weighted by molar-refractivity contribution is 0.0689. The highest BCUT2D eigenvalue weighted by Gasteiger charge is 2.19. The van der Waals surface area contributed by atoms with E-state index in [-0.39, 0.29) is 0 Å². The number of pyridine rings is 1. The van der Waals surface area contributed by atoms with Crippen molar-refractivity contribution in [2.45, 2.75) is 20.0 Å². The minimum Gasteiger partial charge on any atom is -0.478 e. The molecule has 1 N–H and O–H groups in total. The summed E-state index contributed by atoms with van der Waals surface area (Å²) in [7, 11) is 0. The van der Waals surface area contributed by atoms with Crippen LogP contribution in [0, 0.1) is 6.92 Å². The predicted molar refractivity (Wildman–Crippen MR) is 49.3 cm³/mol. The lowest BCUT2D eigenvalue weighted by Gasteiger charge is -2.17. The van der Waals surface area contributed by atoms with E-state index in [1.54, 1.807) is 13.0 Å². The molecule has 0 bridgehead atoms. The van der Waals surface area contributed by atoms with E-state index in [4.69, 9.17) is 9.84 Å². The van der Waals surface area contributed by atoms with E-state index in [0.29, 0.717) is 25.2 Å². The van der Waals surface area contributed by atoms with Gasteiger partial charge >= 0.3 is 5.97 Å². The van der Waals surface area contributed by atoms with Gasteiger partial charge in [-0.2, -0.15) is 0 Å². The Morgan fingerprint density at radius 1 is 1.64 bits per heavy atom. The molecule has 4 heteroatoms. The maximum absolute atomic E-state index is 11.0. The van der Waals surface area contributed by atoms with Crippen molar-refractivity contribution in [2.75, 3.05) is 6.61 Å². The van der Waals surface area contributed by atoms with Crippen molar-refractivity contribution >= 4 is 5.97 Å². The number of carbonyl (C=O) groups is 1. The normalized spacial score (nSPS) is 14.9. The van der Waals surface area contributed by atoms with E-state index in [0.717, 1.165) is 17.0 Å². The Morgan fingerprint density at radius 3 is 3.14 bits per heavy atom. The Labute approximate surface area is 81.5 Å². The van der Waals surface area contributed by atoms with E-state index < -0.39 is 5.97 Å². The van der Waals surface area contributed by atoms with Gasteiger partial charge in [-0.3, -0.25) is 4.98 Å². The Kier molecular flexibility index (Phi) is 2.21. The zero-order valence-electron chi connectivity index (χ0n) is 7.91. The molecule has 0 saturated heterocycles. The molecule has 0 saturated carbocycles. The number of carboxylic acid groups (broad SMARTS) is 1. The van der Waals surface area contributed by atoms with Crippen LogP contribution in [0.4, 0.5) is 0 Å². The largest absolute Gasteiger partial charge is 0.478 e. The molecule has 0 spiro atoms. The smallest absolute Gasteiger partial charge is 0.336 e. The molecule has 2 heterocycles. The van der Waals surface area contributed by atoms with E-state index in [1.165, 1.54) is 0 Å². The Bertz CT molecular complexity index is 387. The number of aromatic nitrogens is 1. The van der Waals surface area contributed by atoms with Crippen molar-refractivity contribution in [3.8, 4) is 0 Å². The standard InChI is InChI=1S/C10H11NO3/c1-6-4-8(10(12)13)7-2-3-14-5-9(7)11-6/h4H,2-3,5H2,1H3,(H,12,13). The van der Waals surface area contributed by atoms with Gasteiger partial charge in [0.1, 0.15) is 0 Å². The Balaban J connectivity index is 2.58. The third-order valence-corrected chi connectivity index (χ3v) is 2.30. The highest BCUT2D eigenvalue weighted by atomic mass is 16.5. The number of hydrogen-bond donors (Lipinski definition) is 1. The van der Waals surface area contributed by atoms with Gasteiger partial charge in [0.25, 0.3) is 0 Å². The van der Waals surface area contributed by atoms with Gasteiger partial charge in [0.05, 0.1) is 24.5 Å². The fourth-order valence-electron chi connectivity index (χ4n) is 1.70. The second-order valence-electron chi connectivity index (χ2n) is 3.34. The van der Waals surface area contributed by atoms with Crippen LogP contribution < -0.4 is 0 Å². The van der Waals surface area contributed by atoms with Crippen molar-refractivity contribution in [2.24, 2.45) is 0 Å². The molecule has 1 aromatic rings. The summed E-state index contributed by atoms with van der Waals surface area (Å²) in [6, 6.07) is 1.62. The van der Waals surface area contributed by atoms with Gasteiger partial charge in [0.15, 0.2) is 0 Å². The molecule has 4 nitrogen and oxygen atoms in total. The van der Waals surface area contributed by atoms with Crippen LogP contribution in [0.1, 0.15) is 27.3 Å². The number of fused-ring (bicyclic) bond motifs is 1. The van der Waals surface area contributed by atoms with Crippen LogP contribution in [0.5, 0.6) is 0 Å².